The average molecular weight is 352 g/mol. The highest BCUT2D eigenvalue weighted by Crippen LogP contribution is 2.26. The summed E-state index contributed by atoms with van der Waals surface area (Å²) >= 11 is 5.24. The summed E-state index contributed by atoms with van der Waals surface area (Å²) in [6, 6.07) is 17.5. The number of phenols is 1. The lowest BCUT2D eigenvalue weighted by molar-refractivity contribution is 0.0977. The molecule has 0 saturated carbocycles. The molecule has 0 fully saturated rings. The van der Waals surface area contributed by atoms with Crippen molar-refractivity contribution in [1.29, 1.82) is 0 Å². The topological polar surface area (TPSA) is 70.6 Å². The van der Waals surface area contributed by atoms with Crippen molar-refractivity contribution in [3.8, 4) is 11.5 Å². The molecule has 0 spiro atoms. The summed E-state index contributed by atoms with van der Waals surface area (Å²) in [5, 5.41) is 17.2. The zero-order chi connectivity index (χ0) is 17.8. The first kappa shape index (κ1) is 16.7. The van der Waals surface area contributed by atoms with Gasteiger partial charge in [0.1, 0.15) is 11.5 Å². The Morgan fingerprint density at radius 1 is 1.08 bits per heavy atom. The molecule has 0 bridgehead atoms. The number of amides is 1. The van der Waals surface area contributed by atoms with Gasteiger partial charge in [-0.15, -0.1) is 0 Å². The van der Waals surface area contributed by atoms with E-state index >= 15 is 0 Å². The van der Waals surface area contributed by atoms with Crippen LogP contribution in [0.3, 0.4) is 0 Å². The van der Waals surface area contributed by atoms with Crippen LogP contribution in [0.25, 0.3) is 10.8 Å². The molecule has 1 amide bonds. The number of nitrogens with one attached hydrogen (secondary N) is 2. The molecule has 3 aromatic rings. The van der Waals surface area contributed by atoms with E-state index in [1.165, 1.54) is 0 Å². The summed E-state index contributed by atoms with van der Waals surface area (Å²) in [4.78, 5) is 12.3. The Morgan fingerprint density at radius 3 is 2.68 bits per heavy atom. The van der Waals surface area contributed by atoms with E-state index in [0.29, 0.717) is 11.3 Å². The molecule has 3 N–H and O–H groups in total. The summed E-state index contributed by atoms with van der Waals surface area (Å²) < 4.78 is 5.11. The van der Waals surface area contributed by atoms with Crippen molar-refractivity contribution in [3.05, 3.63) is 66.2 Å². The van der Waals surface area contributed by atoms with E-state index in [1.54, 1.807) is 49.6 Å². The van der Waals surface area contributed by atoms with E-state index in [1.807, 2.05) is 18.2 Å². The molecule has 0 aliphatic carbocycles. The van der Waals surface area contributed by atoms with Gasteiger partial charge in [0.2, 0.25) is 0 Å². The van der Waals surface area contributed by atoms with E-state index in [9.17, 15) is 9.90 Å². The Balaban J connectivity index is 1.75. The molecule has 5 nitrogen and oxygen atoms in total. The molecule has 0 aromatic heterocycles. The molecule has 0 aliphatic heterocycles. The number of aromatic hydroxyl groups is 1. The van der Waals surface area contributed by atoms with Crippen LogP contribution in [0.1, 0.15) is 10.4 Å². The molecule has 0 aliphatic rings. The number of carbonyl (C=O) groups excluding carboxylic acids is 1. The summed E-state index contributed by atoms with van der Waals surface area (Å²) in [6.07, 6.45) is 0. The Hall–Kier alpha value is -3.12. The lowest BCUT2D eigenvalue weighted by Crippen LogP contribution is -2.34. The smallest absolute Gasteiger partial charge is 0.257 e. The van der Waals surface area contributed by atoms with Gasteiger partial charge in [0.25, 0.3) is 5.91 Å². The van der Waals surface area contributed by atoms with Gasteiger partial charge < -0.3 is 15.2 Å². The second-order valence-electron chi connectivity index (χ2n) is 5.35. The molecular formula is C19H16N2O3S. The van der Waals surface area contributed by atoms with Crippen molar-refractivity contribution >= 4 is 39.7 Å². The highest BCUT2D eigenvalue weighted by Gasteiger charge is 2.10. The average Bonchev–Trinajstić information content (AvgIpc) is 2.61. The predicted octanol–water partition coefficient (Wildman–Crippen LogP) is 3.68. The lowest BCUT2D eigenvalue weighted by Gasteiger charge is -2.12. The van der Waals surface area contributed by atoms with Gasteiger partial charge in [-0.3, -0.25) is 10.1 Å². The van der Waals surface area contributed by atoms with Crippen molar-refractivity contribution in [2.24, 2.45) is 0 Å². The third kappa shape index (κ3) is 3.87. The molecule has 126 valence electrons. The number of hydrogen-bond acceptors (Lipinski definition) is 4. The van der Waals surface area contributed by atoms with Crippen LogP contribution >= 0.6 is 12.2 Å². The minimum atomic E-state index is -0.325. The van der Waals surface area contributed by atoms with E-state index in [0.717, 1.165) is 16.5 Å². The lowest BCUT2D eigenvalue weighted by atomic mass is 10.1. The first-order chi connectivity index (χ1) is 12.1. The van der Waals surface area contributed by atoms with Gasteiger partial charge in [-0.1, -0.05) is 18.2 Å². The van der Waals surface area contributed by atoms with Gasteiger partial charge in [-0.05, 0) is 60.1 Å². The molecule has 6 heteroatoms. The Labute approximate surface area is 150 Å². The number of phenolic OH excluding ortho intramolecular Hbond substituents is 1. The van der Waals surface area contributed by atoms with Crippen molar-refractivity contribution < 1.29 is 14.6 Å². The van der Waals surface area contributed by atoms with Crippen LogP contribution in [0.5, 0.6) is 11.5 Å². The second kappa shape index (κ2) is 7.19. The SMILES string of the molecule is COc1cccc(C(=O)NC(=S)Nc2cccc3cc(O)ccc23)c1. The van der Waals surface area contributed by atoms with E-state index < -0.39 is 0 Å². The van der Waals surface area contributed by atoms with Crippen molar-refractivity contribution in [3.63, 3.8) is 0 Å². The number of benzene rings is 3. The quantitative estimate of drug-likeness (QED) is 0.627. The van der Waals surface area contributed by atoms with Crippen LogP contribution in [0.4, 0.5) is 5.69 Å². The molecule has 0 unspecified atom stereocenters. The highest BCUT2D eigenvalue weighted by atomic mass is 32.1. The zero-order valence-electron chi connectivity index (χ0n) is 13.4. The molecule has 3 aromatic carbocycles. The van der Waals surface area contributed by atoms with Crippen molar-refractivity contribution in [2.45, 2.75) is 0 Å². The van der Waals surface area contributed by atoms with E-state index in [4.69, 9.17) is 17.0 Å². The van der Waals surface area contributed by atoms with Gasteiger partial charge >= 0.3 is 0 Å². The Kier molecular flexibility index (Phi) is 4.81. The number of fused-ring (bicyclic) bond motifs is 1. The Bertz CT molecular complexity index is 956. The standard InChI is InChI=1S/C19H16N2O3S/c1-24-15-6-2-5-13(11-15)18(23)21-19(25)20-17-7-3-4-12-10-14(22)8-9-16(12)17/h2-11,22H,1H3,(H2,20,21,23,25). The number of methoxy groups -OCH3 is 1. The molecule has 3 rings (SSSR count). The maximum absolute atomic E-state index is 12.3. The molecule has 0 heterocycles. The molecule has 0 saturated heterocycles. The number of anilines is 1. The minimum absolute atomic E-state index is 0.188. The van der Waals surface area contributed by atoms with Gasteiger partial charge in [0, 0.05) is 16.6 Å². The van der Waals surface area contributed by atoms with Crippen LogP contribution in [0.15, 0.2) is 60.7 Å². The second-order valence-corrected chi connectivity index (χ2v) is 5.76. The van der Waals surface area contributed by atoms with Crippen LogP contribution in [0, 0.1) is 0 Å². The third-order valence-electron chi connectivity index (χ3n) is 3.67. The maximum Gasteiger partial charge on any atom is 0.257 e. The summed E-state index contributed by atoms with van der Waals surface area (Å²) in [6.45, 7) is 0. The highest BCUT2D eigenvalue weighted by molar-refractivity contribution is 7.80. The molecule has 0 radical (unpaired) electrons. The van der Waals surface area contributed by atoms with Gasteiger partial charge in [-0.2, -0.15) is 0 Å². The largest absolute Gasteiger partial charge is 0.508 e. The van der Waals surface area contributed by atoms with Crippen molar-refractivity contribution in [1.82, 2.24) is 5.32 Å². The first-order valence-corrected chi connectivity index (χ1v) is 7.96. The fourth-order valence-electron chi connectivity index (χ4n) is 2.47. The normalized spacial score (nSPS) is 10.3. The van der Waals surface area contributed by atoms with Gasteiger partial charge in [0.15, 0.2) is 5.11 Å². The molecule has 25 heavy (non-hydrogen) atoms. The van der Waals surface area contributed by atoms with Crippen LogP contribution < -0.4 is 15.4 Å². The van der Waals surface area contributed by atoms with E-state index in [-0.39, 0.29) is 16.8 Å². The fraction of sp³-hybridized carbons (Fsp3) is 0.0526. The van der Waals surface area contributed by atoms with Crippen molar-refractivity contribution in [2.75, 3.05) is 12.4 Å². The fourth-order valence-corrected chi connectivity index (χ4v) is 2.68. The van der Waals surface area contributed by atoms with Crippen LogP contribution in [-0.4, -0.2) is 23.2 Å². The Morgan fingerprint density at radius 2 is 1.88 bits per heavy atom. The molecular weight excluding hydrogens is 336 g/mol. The summed E-state index contributed by atoms with van der Waals surface area (Å²) in [5.74, 6) is 0.466. The monoisotopic (exact) mass is 352 g/mol. The third-order valence-corrected chi connectivity index (χ3v) is 3.88. The van der Waals surface area contributed by atoms with Gasteiger partial charge in [-0.25, -0.2) is 0 Å². The van der Waals surface area contributed by atoms with Crippen LogP contribution in [0.2, 0.25) is 0 Å². The summed E-state index contributed by atoms with van der Waals surface area (Å²) in [7, 11) is 1.54. The van der Waals surface area contributed by atoms with E-state index in [2.05, 4.69) is 10.6 Å². The maximum atomic E-state index is 12.3. The predicted molar refractivity (Wildman–Crippen MR) is 102 cm³/mol. The summed E-state index contributed by atoms with van der Waals surface area (Å²) in [5.41, 5.74) is 1.19. The number of hydrogen-bond donors (Lipinski definition) is 3. The number of rotatable bonds is 3. The zero-order valence-corrected chi connectivity index (χ0v) is 14.3. The molecule has 0 atom stereocenters. The van der Waals surface area contributed by atoms with Crippen LogP contribution in [-0.2, 0) is 0 Å². The number of ether oxygens (including phenoxy) is 1. The first-order valence-electron chi connectivity index (χ1n) is 7.55. The van der Waals surface area contributed by atoms with Gasteiger partial charge in [0.05, 0.1) is 7.11 Å². The number of carbonyl (C=O) groups is 1. The minimum Gasteiger partial charge on any atom is -0.508 e. The number of thiocarbonyl (C=S) groups is 1.